The molecule has 8 aromatic rings. The summed E-state index contributed by atoms with van der Waals surface area (Å²) in [6.45, 7) is 2.01. The van der Waals surface area contributed by atoms with E-state index in [2.05, 4.69) is 60.7 Å². The van der Waals surface area contributed by atoms with Crippen LogP contribution >= 0.6 is 0 Å². The Morgan fingerprint density at radius 3 is 2.02 bits per heavy atom. The molecule has 5 heteroatoms. The van der Waals surface area contributed by atoms with Gasteiger partial charge in [0.15, 0.2) is 17.5 Å². The zero-order valence-electron chi connectivity index (χ0n) is 28.4. The highest BCUT2D eigenvalue weighted by molar-refractivity contribution is 6.11. The summed E-state index contributed by atoms with van der Waals surface area (Å²) in [6, 6.07) is 50.7. The fourth-order valence-electron chi connectivity index (χ4n) is 6.40. The Balaban J connectivity index is 1.37. The van der Waals surface area contributed by atoms with Gasteiger partial charge in [-0.3, -0.25) is 0 Å². The van der Waals surface area contributed by atoms with Crippen molar-refractivity contribution in [2.45, 2.75) is 6.92 Å². The van der Waals surface area contributed by atoms with Gasteiger partial charge in [0.05, 0.1) is 17.2 Å². The summed E-state index contributed by atoms with van der Waals surface area (Å²) in [4.78, 5) is 15.4. The minimum absolute atomic E-state index is 0.514. The number of fused-ring (bicyclic) bond motifs is 3. The van der Waals surface area contributed by atoms with Crippen molar-refractivity contribution in [1.82, 2.24) is 15.0 Å². The number of aromatic nitrogens is 3. The van der Waals surface area contributed by atoms with Crippen LogP contribution in [0.3, 0.4) is 0 Å². The third-order valence-corrected chi connectivity index (χ3v) is 8.93. The molecule has 0 unspecified atom stereocenters. The molecule has 2 aromatic heterocycles. The molecule has 0 fully saturated rings. The van der Waals surface area contributed by atoms with Crippen molar-refractivity contribution in [2.24, 2.45) is 0 Å². The first-order valence-electron chi connectivity index (χ1n) is 17.1. The maximum absolute atomic E-state index is 9.22. The maximum Gasteiger partial charge on any atom is 0.168 e. The van der Waals surface area contributed by atoms with Crippen LogP contribution in [0.2, 0.25) is 0 Å². The Morgan fingerprint density at radius 2 is 1.27 bits per heavy atom. The molecule has 246 valence electrons. The van der Waals surface area contributed by atoms with E-state index in [-0.39, 0.29) is 0 Å². The quantitative estimate of drug-likeness (QED) is 0.151. The second-order valence-electron chi connectivity index (χ2n) is 12.3. The lowest BCUT2D eigenvalue weighted by Crippen LogP contribution is -2.02. The van der Waals surface area contributed by atoms with Gasteiger partial charge in [-0.25, -0.2) is 15.0 Å². The third kappa shape index (κ3) is 6.45. The lowest BCUT2D eigenvalue weighted by atomic mass is 9.95. The fourth-order valence-corrected chi connectivity index (χ4v) is 6.40. The van der Waals surface area contributed by atoms with E-state index in [0.29, 0.717) is 28.6 Å². The summed E-state index contributed by atoms with van der Waals surface area (Å²) < 4.78 is 6.67. The SMILES string of the molecule is C\C=C/C(=C\C=C\c1ccc(C#N)cc1)c1ccc2c(oc3ccccc32)c1-c1nc(-c2ccccc2)nc(-c2cccc(-c3ccccc3)c2)n1. The van der Waals surface area contributed by atoms with Crippen molar-refractivity contribution in [3.05, 3.63) is 187 Å². The third-order valence-electron chi connectivity index (χ3n) is 8.93. The van der Waals surface area contributed by atoms with Crippen LogP contribution in [0.15, 0.2) is 174 Å². The van der Waals surface area contributed by atoms with Gasteiger partial charge in [0.25, 0.3) is 0 Å². The van der Waals surface area contributed by atoms with Crippen LogP contribution in [0.1, 0.15) is 23.6 Å². The van der Waals surface area contributed by atoms with Gasteiger partial charge in [-0.15, -0.1) is 0 Å². The van der Waals surface area contributed by atoms with E-state index in [1.54, 1.807) is 0 Å². The van der Waals surface area contributed by atoms with Crippen LogP contribution in [0.5, 0.6) is 0 Å². The van der Waals surface area contributed by atoms with Gasteiger partial charge in [0.1, 0.15) is 11.2 Å². The molecule has 0 aliphatic heterocycles. The van der Waals surface area contributed by atoms with E-state index in [1.165, 1.54) is 0 Å². The molecule has 2 heterocycles. The molecular weight excluding hydrogens is 637 g/mol. The number of nitrogens with zero attached hydrogens (tertiary/aromatic N) is 4. The molecule has 0 bridgehead atoms. The summed E-state index contributed by atoms with van der Waals surface area (Å²) in [5.41, 5.74) is 9.75. The van der Waals surface area contributed by atoms with E-state index < -0.39 is 0 Å². The summed E-state index contributed by atoms with van der Waals surface area (Å²) >= 11 is 0. The highest BCUT2D eigenvalue weighted by Crippen LogP contribution is 2.40. The Kier molecular flexibility index (Phi) is 8.86. The summed E-state index contributed by atoms with van der Waals surface area (Å²) in [7, 11) is 0. The van der Waals surface area contributed by atoms with Crippen LogP contribution in [0.25, 0.3) is 78.9 Å². The summed E-state index contributed by atoms with van der Waals surface area (Å²) in [5, 5.41) is 11.2. The second-order valence-corrected chi connectivity index (χ2v) is 12.3. The van der Waals surface area contributed by atoms with Crippen LogP contribution in [-0.2, 0) is 0 Å². The van der Waals surface area contributed by atoms with Crippen LogP contribution < -0.4 is 0 Å². The molecule has 0 radical (unpaired) electrons. The largest absolute Gasteiger partial charge is 0.455 e. The van der Waals surface area contributed by atoms with Crippen molar-refractivity contribution >= 4 is 33.6 Å². The number of allylic oxidation sites excluding steroid dienone is 5. The molecule has 52 heavy (non-hydrogen) atoms. The molecule has 0 aliphatic carbocycles. The number of nitriles is 1. The van der Waals surface area contributed by atoms with E-state index in [1.807, 2.05) is 128 Å². The highest BCUT2D eigenvalue weighted by Gasteiger charge is 2.22. The van der Waals surface area contributed by atoms with Crippen molar-refractivity contribution in [3.63, 3.8) is 0 Å². The average molecular weight is 669 g/mol. The molecule has 0 amide bonds. The normalized spacial score (nSPS) is 11.9. The predicted molar refractivity (Wildman–Crippen MR) is 212 cm³/mol. The maximum atomic E-state index is 9.22. The molecule has 8 rings (SSSR count). The zero-order valence-corrected chi connectivity index (χ0v) is 28.4. The number of furan rings is 1. The minimum Gasteiger partial charge on any atom is -0.455 e. The van der Waals surface area contributed by atoms with Crippen molar-refractivity contribution in [3.8, 4) is 51.4 Å². The monoisotopic (exact) mass is 668 g/mol. The van der Waals surface area contributed by atoms with Gasteiger partial charge in [-0.2, -0.15) is 5.26 Å². The van der Waals surface area contributed by atoms with Gasteiger partial charge >= 0.3 is 0 Å². The van der Waals surface area contributed by atoms with E-state index in [9.17, 15) is 5.26 Å². The van der Waals surface area contributed by atoms with E-state index in [4.69, 9.17) is 19.4 Å². The number of hydrogen-bond acceptors (Lipinski definition) is 5. The number of benzene rings is 6. The Morgan fingerprint density at radius 1 is 0.615 bits per heavy atom. The summed E-state index contributed by atoms with van der Waals surface area (Å²) in [5.74, 6) is 1.65. The van der Waals surface area contributed by atoms with E-state index in [0.717, 1.165) is 60.9 Å². The van der Waals surface area contributed by atoms with Gasteiger partial charge in [-0.1, -0.05) is 146 Å². The summed E-state index contributed by atoms with van der Waals surface area (Å²) in [6.07, 6.45) is 10.2. The zero-order chi connectivity index (χ0) is 35.3. The highest BCUT2D eigenvalue weighted by atomic mass is 16.3. The lowest BCUT2D eigenvalue weighted by molar-refractivity contribution is 0.669. The fraction of sp³-hybridized carbons (Fsp3) is 0.0213. The van der Waals surface area contributed by atoms with Gasteiger partial charge in [0.2, 0.25) is 0 Å². The first-order valence-corrected chi connectivity index (χ1v) is 17.1. The first-order chi connectivity index (χ1) is 25.7. The van der Waals surface area contributed by atoms with Crippen molar-refractivity contribution in [2.75, 3.05) is 0 Å². The Bertz CT molecular complexity index is 2680. The molecule has 6 aromatic carbocycles. The molecular formula is C47H32N4O. The molecule has 0 spiro atoms. The van der Waals surface area contributed by atoms with Crippen molar-refractivity contribution in [1.29, 1.82) is 5.26 Å². The Hall–Kier alpha value is -7.16. The Labute approximate surface area is 302 Å². The van der Waals surface area contributed by atoms with Crippen LogP contribution in [0, 0.1) is 11.3 Å². The van der Waals surface area contributed by atoms with Gasteiger partial charge in [0, 0.05) is 21.9 Å². The molecule has 0 saturated heterocycles. The van der Waals surface area contributed by atoms with Crippen LogP contribution in [0.4, 0.5) is 0 Å². The van der Waals surface area contributed by atoms with Crippen LogP contribution in [-0.4, -0.2) is 15.0 Å². The first kappa shape index (κ1) is 32.1. The molecule has 0 saturated carbocycles. The van der Waals surface area contributed by atoms with Crippen molar-refractivity contribution < 1.29 is 4.42 Å². The number of hydrogen-bond donors (Lipinski definition) is 0. The number of para-hydroxylation sites is 1. The smallest absolute Gasteiger partial charge is 0.168 e. The molecule has 0 atom stereocenters. The average Bonchev–Trinajstić information content (AvgIpc) is 3.60. The van der Waals surface area contributed by atoms with Gasteiger partial charge < -0.3 is 4.42 Å². The number of rotatable bonds is 8. The molecule has 0 N–H and O–H groups in total. The topological polar surface area (TPSA) is 75.6 Å². The predicted octanol–water partition coefficient (Wildman–Crippen LogP) is 12.0. The molecule has 5 nitrogen and oxygen atoms in total. The van der Waals surface area contributed by atoms with Gasteiger partial charge in [-0.05, 0) is 65.1 Å². The standard InChI is InChI=1S/C47H32N4O/c1-2-13-35(19-11-14-32-24-26-33(31-48)27-25-32)39-28-29-41-40-22-9-10-23-42(40)52-44(41)43(39)47-50-45(36-17-7-4-8-18-36)49-46(51-47)38-21-12-20-37(30-38)34-15-5-3-6-16-34/h2-30H,1H3/b13-2-,14-11+,35-19+. The second kappa shape index (κ2) is 14.4. The minimum atomic E-state index is 0.514. The molecule has 0 aliphatic rings. The lowest BCUT2D eigenvalue weighted by Gasteiger charge is -2.13. The van der Waals surface area contributed by atoms with E-state index >= 15 is 0 Å².